The number of benzene rings is 1. The fourth-order valence-electron chi connectivity index (χ4n) is 3.91. The summed E-state index contributed by atoms with van der Waals surface area (Å²) >= 11 is 3.63. The van der Waals surface area contributed by atoms with Gasteiger partial charge in [0.2, 0.25) is 0 Å². The van der Waals surface area contributed by atoms with Crippen LogP contribution in [0.5, 0.6) is 0 Å². The number of fused-ring (bicyclic) bond motifs is 2. The second-order valence-electron chi connectivity index (χ2n) is 6.60. The molecule has 2 heterocycles. The van der Waals surface area contributed by atoms with Gasteiger partial charge in [0.05, 0.1) is 10.0 Å². The number of carboxylic acids is 1. The summed E-state index contributed by atoms with van der Waals surface area (Å²) in [5.74, 6) is -0.765. The van der Waals surface area contributed by atoms with E-state index < -0.39 is 11.4 Å². The fraction of sp³-hybridized carbons (Fsp3) is 0.353. The van der Waals surface area contributed by atoms with E-state index in [4.69, 9.17) is 0 Å². The minimum atomic E-state index is -0.839. The molecule has 114 valence electrons. The minimum Gasteiger partial charge on any atom is -0.481 e. The minimum absolute atomic E-state index is 0.234. The number of hydrogen-bond donors (Lipinski definition) is 2. The normalized spacial score (nSPS) is 27.6. The Morgan fingerprint density at radius 3 is 3.00 bits per heavy atom. The van der Waals surface area contributed by atoms with E-state index in [2.05, 4.69) is 37.9 Å². The number of carbonyl (C=O) groups is 1. The Balaban J connectivity index is 2.02. The van der Waals surface area contributed by atoms with Crippen molar-refractivity contribution in [3.8, 4) is 0 Å². The quantitative estimate of drug-likeness (QED) is 0.820. The van der Waals surface area contributed by atoms with Gasteiger partial charge in [-0.15, -0.1) is 0 Å². The van der Waals surface area contributed by atoms with Crippen LogP contribution in [0.1, 0.15) is 18.1 Å². The molecule has 2 atom stereocenters. The lowest BCUT2D eigenvalue weighted by molar-refractivity contribution is -0.146. The van der Waals surface area contributed by atoms with Crippen molar-refractivity contribution < 1.29 is 9.90 Å². The maximum absolute atomic E-state index is 11.7. The van der Waals surface area contributed by atoms with E-state index in [1.807, 2.05) is 19.2 Å². The van der Waals surface area contributed by atoms with E-state index in [0.29, 0.717) is 6.54 Å². The van der Waals surface area contributed by atoms with Gasteiger partial charge >= 0.3 is 5.97 Å². The second kappa shape index (κ2) is 4.46. The molecule has 1 aromatic carbocycles. The SMILES string of the molecule is CN1C[C@](C)(C(=O)O)C=C2c3cccc4[nH]c(Br)c(c34)C[C@H]21. The topological polar surface area (TPSA) is 56.3 Å². The first-order chi connectivity index (χ1) is 10.4. The first-order valence-corrected chi connectivity index (χ1v) is 8.16. The van der Waals surface area contributed by atoms with E-state index in [9.17, 15) is 9.90 Å². The molecule has 0 bridgehead atoms. The zero-order valence-electron chi connectivity index (χ0n) is 12.5. The zero-order chi connectivity index (χ0) is 15.6. The standard InChI is InChI=1S/C17H17BrN2O2/c1-17(16(21)22)7-11-9-4-3-5-12-14(9)10(15(18)19-12)6-13(11)20(2)8-17/h3-5,7,13,19H,6,8H2,1-2H3,(H,21,22)/t13-,17-/m1/s1. The monoisotopic (exact) mass is 360 g/mol. The molecule has 2 N–H and O–H groups in total. The van der Waals surface area contributed by atoms with E-state index >= 15 is 0 Å². The molecule has 0 unspecified atom stereocenters. The zero-order valence-corrected chi connectivity index (χ0v) is 14.1. The van der Waals surface area contributed by atoms with Crippen LogP contribution in [0.2, 0.25) is 0 Å². The summed E-state index contributed by atoms with van der Waals surface area (Å²) < 4.78 is 1.04. The summed E-state index contributed by atoms with van der Waals surface area (Å²) in [5.41, 5.74) is 3.85. The van der Waals surface area contributed by atoms with Crippen molar-refractivity contribution in [1.29, 1.82) is 0 Å². The fourth-order valence-corrected chi connectivity index (χ4v) is 4.49. The van der Waals surface area contributed by atoms with Crippen LogP contribution in [0.4, 0.5) is 0 Å². The molecule has 4 rings (SSSR count). The van der Waals surface area contributed by atoms with Crippen LogP contribution in [0.25, 0.3) is 16.5 Å². The number of nitrogens with zero attached hydrogens (tertiary/aromatic N) is 1. The van der Waals surface area contributed by atoms with Gasteiger partial charge in [0.1, 0.15) is 0 Å². The largest absolute Gasteiger partial charge is 0.481 e. The second-order valence-corrected chi connectivity index (χ2v) is 7.40. The van der Waals surface area contributed by atoms with Crippen molar-refractivity contribution in [2.45, 2.75) is 19.4 Å². The molecule has 0 saturated carbocycles. The number of H-pyrrole nitrogens is 1. The maximum atomic E-state index is 11.7. The van der Waals surface area contributed by atoms with Gasteiger partial charge in [-0.1, -0.05) is 18.2 Å². The van der Waals surface area contributed by atoms with Crippen LogP contribution in [-0.4, -0.2) is 40.6 Å². The van der Waals surface area contributed by atoms with Crippen molar-refractivity contribution in [1.82, 2.24) is 9.88 Å². The number of nitrogens with one attached hydrogen (secondary N) is 1. The van der Waals surface area contributed by atoms with Crippen LogP contribution in [0, 0.1) is 5.41 Å². The third kappa shape index (κ3) is 1.75. The summed E-state index contributed by atoms with van der Waals surface area (Å²) in [7, 11) is 2.02. The van der Waals surface area contributed by atoms with Crippen molar-refractivity contribution in [3.05, 3.63) is 40.0 Å². The molecular weight excluding hydrogens is 344 g/mol. The molecule has 0 radical (unpaired) electrons. The van der Waals surface area contributed by atoms with Crippen LogP contribution in [0.15, 0.2) is 28.9 Å². The highest BCUT2D eigenvalue weighted by Crippen LogP contribution is 2.45. The van der Waals surface area contributed by atoms with Crippen molar-refractivity contribution in [2.24, 2.45) is 5.41 Å². The number of rotatable bonds is 1. The lowest BCUT2D eigenvalue weighted by Gasteiger charge is -2.42. The lowest BCUT2D eigenvalue weighted by Crippen LogP contribution is -2.49. The van der Waals surface area contributed by atoms with E-state index in [1.54, 1.807) is 6.92 Å². The van der Waals surface area contributed by atoms with Crippen molar-refractivity contribution >= 4 is 38.4 Å². The lowest BCUT2D eigenvalue weighted by atomic mass is 9.75. The molecule has 0 saturated heterocycles. The number of aromatic amines is 1. The molecule has 2 aliphatic rings. The molecule has 0 amide bonds. The Morgan fingerprint density at radius 1 is 1.50 bits per heavy atom. The number of carboxylic acid groups (broad SMARTS) is 1. The Labute approximate surface area is 136 Å². The number of halogens is 1. The van der Waals surface area contributed by atoms with Gasteiger partial charge in [-0.05, 0) is 59.1 Å². The first-order valence-electron chi connectivity index (χ1n) is 7.36. The Morgan fingerprint density at radius 2 is 2.27 bits per heavy atom. The highest BCUT2D eigenvalue weighted by Gasteiger charge is 2.42. The number of aromatic nitrogens is 1. The third-order valence-corrected chi connectivity index (χ3v) is 5.69. The van der Waals surface area contributed by atoms with Crippen LogP contribution < -0.4 is 0 Å². The smallest absolute Gasteiger partial charge is 0.314 e. The molecule has 4 nitrogen and oxygen atoms in total. The van der Waals surface area contributed by atoms with Gasteiger partial charge in [-0.3, -0.25) is 9.69 Å². The highest BCUT2D eigenvalue weighted by atomic mass is 79.9. The summed E-state index contributed by atoms with van der Waals surface area (Å²) in [4.78, 5) is 17.3. The summed E-state index contributed by atoms with van der Waals surface area (Å²) in [5, 5.41) is 10.8. The highest BCUT2D eigenvalue weighted by molar-refractivity contribution is 9.10. The Kier molecular flexibility index (Phi) is 2.84. The van der Waals surface area contributed by atoms with Crippen LogP contribution in [0.3, 0.4) is 0 Å². The predicted molar refractivity (Wildman–Crippen MR) is 89.8 cm³/mol. The molecule has 0 fully saturated rings. The summed E-state index contributed by atoms with van der Waals surface area (Å²) in [6.07, 6.45) is 2.87. The van der Waals surface area contributed by atoms with Crippen molar-refractivity contribution in [3.63, 3.8) is 0 Å². The van der Waals surface area contributed by atoms with Crippen LogP contribution in [-0.2, 0) is 11.2 Å². The molecule has 1 aromatic heterocycles. The summed E-state index contributed by atoms with van der Waals surface area (Å²) in [6, 6.07) is 6.43. The molecule has 22 heavy (non-hydrogen) atoms. The number of hydrogen-bond acceptors (Lipinski definition) is 2. The van der Waals surface area contributed by atoms with Crippen LogP contribution >= 0.6 is 15.9 Å². The van der Waals surface area contributed by atoms with Gasteiger partial charge in [-0.2, -0.15) is 0 Å². The molecule has 1 aliphatic heterocycles. The average Bonchev–Trinajstić information content (AvgIpc) is 2.78. The predicted octanol–water partition coefficient (Wildman–Crippen LogP) is 3.27. The first kappa shape index (κ1) is 14.0. The summed E-state index contributed by atoms with van der Waals surface area (Å²) in [6.45, 7) is 2.33. The van der Waals surface area contributed by atoms with Gasteiger partial charge in [-0.25, -0.2) is 0 Å². The molecule has 2 aromatic rings. The number of aliphatic carboxylic acids is 1. The van der Waals surface area contributed by atoms with Crippen molar-refractivity contribution in [2.75, 3.05) is 13.6 Å². The molecular formula is C17H17BrN2O2. The van der Waals surface area contributed by atoms with Gasteiger partial charge in [0, 0.05) is 23.5 Å². The van der Waals surface area contributed by atoms with E-state index in [1.165, 1.54) is 10.9 Å². The molecule has 0 spiro atoms. The molecule has 5 heteroatoms. The van der Waals surface area contributed by atoms with E-state index in [0.717, 1.165) is 27.7 Å². The van der Waals surface area contributed by atoms with Gasteiger partial charge in [0.25, 0.3) is 0 Å². The third-order valence-electron chi connectivity index (χ3n) is 5.02. The molecule has 1 aliphatic carbocycles. The number of likely N-dealkylation sites (N-methyl/N-ethyl adjacent to an activating group) is 1. The Hall–Kier alpha value is -1.59. The average molecular weight is 361 g/mol. The Bertz CT molecular complexity index is 839. The van der Waals surface area contributed by atoms with Gasteiger partial charge in [0.15, 0.2) is 0 Å². The maximum Gasteiger partial charge on any atom is 0.314 e. The van der Waals surface area contributed by atoms with E-state index in [-0.39, 0.29) is 6.04 Å². The van der Waals surface area contributed by atoms with Gasteiger partial charge < -0.3 is 10.1 Å².